The number of thioether (sulfide) groups is 1. The van der Waals surface area contributed by atoms with E-state index in [-0.39, 0.29) is 36.0 Å². The molecule has 1 heterocycles. The highest BCUT2D eigenvalue weighted by Crippen LogP contribution is 2.29. The Morgan fingerprint density at radius 1 is 1.50 bits per heavy atom. The quantitative estimate of drug-likeness (QED) is 0.661. The molecule has 1 rings (SSSR count). The van der Waals surface area contributed by atoms with Crippen molar-refractivity contribution in [3.63, 3.8) is 0 Å². The van der Waals surface area contributed by atoms with E-state index in [0.717, 1.165) is 0 Å². The van der Waals surface area contributed by atoms with Gasteiger partial charge in [-0.3, -0.25) is 0 Å². The lowest BCUT2D eigenvalue weighted by Gasteiger charge is -2.04. The van der Waals surface area contributed by atoms with Gasteiger partial charge in [-0.1, -0.05) is 5.10 Å². The van der Waals surface area contributed by atoms with Gasteiger partial charge in [0.05, 0.1) is 0 Å². The summed E-state index contributed by atoms with van der Waals surface area (Å²) in [4.78, 5) is 0. The molecule has 0 amide bonds. The lowest BCUT2D eigenvalue weighted by atomic mass is 10.5. The molecule has 0 fully saturated rings. The molecule has 1 unspecified atom stereocenters. The standard InChI is InChI=1S/C7H9ClF3N3OS/c1-4(8)5-13-14-6(15-5)12-2-3-16-7(9,10)11/h4H,2-3H2,1H3,(H,12,14). The maximum absolute atomic E-state index is 11.8. The first-order valence-corrected chi connectivity index (χ1v) is 5.73. The predicted molar refractivity (Wildman–Crippen MR) is 55.6 cm³/mol. The number of aromatic nitrogens is 2. The Bertz CT molecular complexity index is 331. The number of alkyl halides is 4. The van der Waals surface area contributed by atoms with E-state index < -0.39 is 10.9 Å². The number of anilines is 1. The van der Waals surface area contributed by atoms with Gasteiger partial charge in [0.2, 0.25) is 5.89 Å². The second-order valence-electron chi connectivity index (χ2n) is 2.78. The highest BCUT2D eigenvalue weighted by atomic mass is 35.5. The summed E-state index contributed by atoms with van der Waals surface area (Å²) in [5, 5.41) is 9.32. The van der Waals surface area contributed by atoms with Crippen LogP contribution in [0.3, 0.4) is 0 Å². The summed E-state index contributed by atoms with van der Waals surface area (Å²) in [5.74, 6) is 0.102. The number of nitrogens with one attached hydrogen (secondary N) is 1. The second-order valence-corrected chi connectivity index (χ2v) is 4.60. The van der Waals surface area contributed by atoms with E-state index in [0.29, 0.717) is 0 Å². The average Bonchev–Trinajstić information content (AvgIpc) is 2.59. The largest absolute Gasteiger partial charge is 0.441 e. The molecule has 9 heteroatoms. The van der Waals surface area contributed by atoms with E-state index in [2.05, 4.69) is 15.5 Å². The van der Waals surface area contributed by atoms with E-state index >= 15 is 0 Å². The maximum Gasteiger partial charge on any atom is 0.441 e. The van der Waals surface area contributed by atoms with Gasteiger partial charge in [-0.2, -0.15) is 13.2 Å². The van der Waals surface area contributed by atoms with Gasteiger partial charge in [0.1, 0.15) is 5.38 Å². The fourth-order valence-electron chi connectivity index (χ4n) is 0.791. The first-order valence-electron chi connectivity index (χ1n) is 4.30. The Morgan fingerprint density at radius 2 is 2.19 bits per heavy atom. The summed E-state index contributed by atoms with van der Waals surface area (Å²) >= 11 is 5.55. The summed E-state index contributed by atoms with van der Waals surface area (Å²) in [6.07, 6.45) is 0. The van der Waals surface area contributed by atoms with Crippen molar-refractivity contribution < 1.29 is 17.6 Å². The molecular weight excluding hydrogens is 267 g/mol. The summed E-state index contributed by atoms with van der Waals surface area (Å²) in [6, 6.07) is 0.0743. The van der Waals surface area contributed by atoms with Crippen molar-refractivity contribution in [2.75, 3.05) is 17.6 Å². The molecular formula is C7H9ClF3N3OS. The van der Waals surface area contributed by atoms with Crippen LogP contribution >= 0.6 is 23.4 Å². The van der Waals surface area contributed by atoms with Crippen molar-refractivity contribution in [2.45, 2.75) is 17.8 Å². The predicted octanol–water partition coefficient (Wildman–Crippen LogP) is 3.03. The third-order valence-corrected chi connectivity index (χ3v) is 2.35. The van der Waals surface area contributed by atoms with Crippen LogP contribution in [0.25, 0.3) is 0 Å². The average molecular weight is 276 g/mol. The van der Waals surface area contributed by atoms with E-state index in [1.54, 1.807) is 6.92 Å². The van der Waals surface area contributed by atoms with Crippen LogP contribution in [0.4, 0.5) is 19.2 Å². The molecule has 0 bridgehead atoms. The fraction of sp³-hybridized carbons (Fsp3) is 0.714. The zero-order valence-corrected chi connectivity index (χ0v) is 9.79. The highest BCUT2D eigenvalue weighted by Gasteiger charge is 2.27. The molecule has 0 radical (unpaired) electrons. The molecule has 1 atom stereocenters. The summed E-state index contributed by atoms with van der Waals surface area (Å²) in [5.41, 5.74) is -4.22. The lowest BCUT2D eigenvalue weighted by molar-refractivity contribution is -0.0327. The Kier molecular flexibility index (Phi) is 4.72. The summed E-state index contributed by atoms with van der Waals surface area (Å²) in [6.45, 7) is 1.74. The smallest absolute Gasteiger partial charge is 0.407 e. The molecule has 1 aromatic rings. The number of nitrogens with zero attached hydrogens (tertiary/aromatic N) is 2. The van der Waals surface area contributed by atoms with Gasteiger partial charge < -0.3 is 9.73 Å². The Labute approximate surface area is 98.9 Å². The van der Waals surface area contributed by atoms with Gasteiger partial charge in [-0.25, -0.2) is 0 Å². The van der Waals surface area contributed by atoms with Gasteiger partial charge in [-0.15, -0.1) is 16.7 Å². The Hall–Kier alpha value is -0.630. The molecule has 0 aliphatic rings. The zero-order chi connectivity index (χ0) is 12.2. The van der Waals surface area contributed by atoms with Crippen molar-refractivity contribution in [1.82, 2.24) is 10.2 Å². The van der Waals surface area contributed by atoms with Crippen LogP contribution in [0.1, 0.15) is 18.2 Å². The molecule has 0 saturated heterocycles. The third-order valence-electron chi connectivity index (χ3n) is 1.42. The van der Waals surface area contributed by atoms with E-state index in [1.807, 2.05) is 0 Å². The minimum absolute atomic E-state index is 0.0743. The third kappa shape index (κ3) is 4.93. The van der Waals surface area contributed by atoms with Gasteiger partial charge in [-0.05, 0) is 18.7 Å². The monoisotopic (exact) mass is 275 g/mol. The normalized spacial score (nSPS) is 13.8. The van der Waals surface area contributed by atoms with Crippen LogP contribution in [0.5, 0.6) is 0 Å². The highest BCUT2D eigenvalue weighted by molar-refractivity contribution is 8.00. The zero-order valence-electron chi connectivity index (χ0n) is 8.21. The maximum atomic E-state index is 11.8. The molecule has 0 saturated carbocycles. The van der Waals surface area contributed by atoms with Gasteiger partial charge in [0.15, 0.2) is 0 Å². The van der Waals surface area contributed by atoms with Crippen molar-refractivity contribution in [3.05, 3.63) is 5.89 Å². The SMILES string of the molecule is CC(Cl)c1nnc(NCCSC(F)(F)F)o1. The molecule has 0 spiro atoms. The van der Waals surface area contributed by atoms with Crippen molar-refractivity contribution in [3.8, 4) is 0 Å². The number of hydrogen-bond donors (Lipinski definition) is 1. The van der Waals surface area contributed by atoms with Crippen LogP contribution in [0.2, 0.25) is 0 Å². The Morgan fingerprint density at radius 3 is 2.69 bits per heavy atom. The lowest BCUT2D eigenvalue weighted by Crippen LogP contribution is -2.09. The van der Waals surface area contributed by atoms with Crippen molar-refractivity contribution in [1.29, 1.82) is 0 Å². The van der Waals surface area contributed by atoms with E-state index in [9.17, 15) is 13.2 Å². The number of hydrogen-bond acceptors (Lipinski definition) is 5. The van der Waals surface area contributed by atoms with Gasteiger partial charge in [0.25, 0.3) is 0 Å². The molecule has 16 heavy (non-hydrogen) atoms. The summed E-state index contributed by atoms with van der Waals surface area (Å²) in [7, 11) is 0. The molecule has 1 aromatic heterocycles. The van der Waals surface area contributed by atoms with Crippen LogP contribution in [0, 0.1) is 0 Å². The van der Waals surface area contributed by atoms with Crippen LogP contribution in [-0.4, -0.2) is 28.0 Å². The minimum Gasteiger partial charge on any atom is -0.407 e. The molecule has 92 valence electrons. The molecule has 0 aliphatic heterocycles. The molecule has 4 nitrogen and oxygen atoms in total. The van der Waals surface area contributed by atoms with Crippen LogP contribution in [-0.2, 0) is 0 Å². The first-order chi connectivity index (χ1) is 7.38. The van der Waals surface area contributed by atoms with E-state index in [4.69, 9.17) is 16.0 Å². The number of rotatable bonds is 5. The summed E-state index contributed by atoms with van der Waals surface area (Å²) < 4.78 is 40.3. The molecule has 1 N–H and O–H groups in total. The fourth-order valence-corrected chi connectivity index (χ4v) is 1.32. The minimum atomic E-state index is -4.22. The van der Waals surface area contributed by atoms with Gasteiger partial charge >= 0.3 is 11.5 Å². The second kappa shape index (κ2) is 5.62. The van der Waals surface area contributed by atoms with E-state index in [1.165, 1.54) is 0 Å². The van der Waals surface area contributed by atoms with Crippen molar-refractivity contribution in [2.24, 2.45) is 0 Å². The number of halogens is 4. The molecule has 0 aliphatic carbocycles. The topological polar surface area (TPSA) is 51.0 Å². The van der Waals surface area contributed by atoms with Crippen LogP contribution < -0.4 is 5.32 Å². The van der Waals surface area contributed by atoms with Crippen LogP contribution in [0.15, 0.2) is 4.42 Å². The molecule has 0 aromatic carbocycles. The first kappa shape index (κ1) is 13.4. The van der Waals surface area contributed by atoms with Crippen molar-refractivity contribution >= 4 is 29.4 Å². The van der Waals surface area contributed by atoms with Gasteiger partial charge in [0, 0.05) is 12.3 Å². The Balaban J connectivity index is 2.27.